The number of benzene rings is 2. The van der Waals surface area contributed by atoms with Crippen LogP contribution in [-0.4, -0.2) is 29.4 Å². The Morgan fingerprint density at radius 1 is 1.16 bits per heavy atom. The summed E-state index contributed by atoms with van der Waals surface area (Å²) in [6, 6.07) is 14.9. The summed E-state index contributed by atoms with van der Waals surface area (Å²) in [5.41, 5.74) is 5.27. The molecule has 8 heteroatoms. The predicted octanol–water partition coefficient (Wildman–Crippen LogP) is 5.19. The molecule has 32 heavy (non-hydrogen) atoms. The standard InChI is InChI=1S/C24H25N5O2S/c1-5-25-23-28(21(16-32-23)17-10-12-18(13-11-17)29(30)31)26-15-14-22-24(2,3)19-8-6-7-9-20(19)27(22)4/h6-16H,5H2,1-4H3. The van der Waals surface area contributed by atoms with Crippen LogP contribution in [0, 0.1) is 10.1 Å². The monoisotopic (exact) mass is 447 g/mol. The van der Waals surface area contributed by atoms with Gasteiger partial charge in [-0.05, 0) is 36.8 Å². The first-order chi connectivity index (χ1) is 15.3. The molecule has 3 aromatic rings. The summed E-state index contributed by atoms with van der Waals surface area (Å²) in [7, 11) is 2.07. The van der Waals surface area contributed by atoms with Crippen molar-refractivity contribution >= 4 is 28.9 Å². The molecule has 4 rings (SSSR count). The fraction of sp³-hybridized carbons (Fsp3) is 0.250. The van der Waals surface area contributed by atoms with Gasteiger partial charge in [-0.1, -0.05) is 32.0 Å². The highest BCUT2D eigenvalue weighted by molar-refractivity contribution is 7.07. The first kappa shape index (κ1) is 21.7. The summed E-state index contributed by atoms with van der Waals surface area (Å²) in [4.78, 5) is 18.1. The van der Waals surface area contributed by atoms with Crippen molar-refractivity contribution in [3.05, 3.63) is 86.2 Å². The van der Waals surface area contributed by atoms with Crippen LogP contribution in [0.2, 0.25) is 0 Å². The maximum atomic E-state index is 11.0. The first-order valence-electron chi connectivity index (χ1n) is 10.4. The van der Waals surface area contributed by atoms with E-state index in [0.29, 0.717) is 6.54 Å². The van der Waals surface area contributed by atoms with Gasteiger partial charge in [0.15, 0.2) is 0 Å². The number of hydrogen-bond acceptors (Lipinski definition) is 6. The molecule has 2 aromatic carbocycles. The number of nitro benzene ring substituents is 1. The van der Waals surface area contributed by atoms with Crippen LogP contribution >= 0.6 is 11.3 Å². The van der Waals surface area contributed by atoms with Crippen LogP contribution in [0.1, 0.15) is 26.3 Å². The molecular weight excluding hydrogens is 422 g/mol. The Bertz CT molecular complexity index is 1280. The molecule has 2 heterocycles. The van der Waals surface area contributed by atoms with Crippen LogP contribution in [0.15, 0.2) is 75.8 Å². The van der Waals surface area contributed by atoms with Crippen LogP contribution in [0.25, 0.3) is 11.3 Å². The molecule has 0 N–H and O–H groups in total. The molecule has 0 saturated carbocycles. The molecule has 0 unspecified atom stereocenters. The Labute approximate surface area is 190 Å². The van der Waals surface area contributed by atoms with Crippen LogP contribution in [0.4, 0.5) is 11.4 Å². The first-order valence-corrected chi connectivity index (χ1v) is 11.3. The van der Waals surface area contributed by atoms with E-state index in [2.05, 4.69) is 55.1 Å². The number of non-ortho nitro benzene ring substituents is 1. The van der Waals surface area contributed by atoms with E-state index in [-0.39, 0.29) is 11.1 Å². The van der Waals surface area contributed by atoms with E-state index < -0.39 is 4.92 Å². The van der Waals surface area contributed by atoms with Gasteiger partial charge in [-0.2, -0.15) is 5.10 Å². The average molecular weight is 448 g/mol. The molecule has 0 spiro atoms. The lowest BCUT2D eigenvalue weighted by molar-refractivity contribution is -0.384. The highest BCUT2D eigenvalue weighted by Crippen LogP contribution is 2.46. The highest BCUT2D eigenvalue weighted by Gasteiger charge is 2.37. The van der Waals surface area contributed by atoms with Crippen LogP contribution in [0.5, 0.6) is 0 Å². The third-order valence-electron chi connectivity index (χ3n) is 5.71. The van der Waals surface area contributed by atoms with Crippen molar-refractivity contribution in [1.29, 1.82) is 0 Å². The third kappa shape index (κ3) is 3.78. The molecule has 7 nitrogen and oxygen atoms in total. The molecule has 0 aliphatic carbocycles. The molecule has 0 fully saturated rings. The fourth-order valence-electron chi connectivity index (χ4n) is 4.08. The Morgan fingerprint density at radius 3 is 2.53 bits per heavy atom. The van der Waals surface area contributed by atoms with Gasteiger partial charge in [0.1, 0.15) is 0 Å². The number of para-hydroxylation sites is 1. The lowest BCUT2D eigenvalue weighted by Gasteiger charge is -2.23. The lowest BCUT2D eigenvalue weighted by atomic mass is 9.84. The minimum atomic E-state index is -0.397. The molecule has 0 atom stereocenters. The second-order valence-corrected chi connectivity index (χ2v) is 8.85. The number of rotatable bonds is 5. The molecule has 0 saturated heterocycles. The number of anilines is 1. The Hall–Kier alpha value is -3.52. The SMILES string of the molecule is CCN=c1scc(-c2ccc([N+](=O)[O-])cc2)n1N=CC=C1N(C)c2ccccc2C1(C)C. The van der Waals surface area contributed by atoms with Gasteiger partial charge in [-0.15, -0.1) is 11.3 Å². The highest BCUT2D eigenvalue weighted by atomic mass is 32.1. The molecule has 0 radical (unpaired) electrons. The summed E-state index contributed by atoms with van der Waals surface area (Å²) in [5.74, 6) is 0. The van der Waals surface area contributed by atoms with Crippen molar-refractivity contribution in [2.75, 3.05) is 18.5 Å². The summed E-state index contributed by atoms with van der Waals surface area (Å²) >= 11 is 1.50. The van der Waals surface area contributed by atoms with Gasteiger partial charge in [-0.25, -0.2) is 4.68 Å². The Morgan fingerprint density at radius 2 is 1.88 bits per heavy atom. The van der Waals surface area contributed by atoms with Crippen molar-refractivity contribution in [2.24, 2.45) is 10.1 Å². The van der Waals surface area contributed by atoms with Gasteiger partial charge in [0, 0.05) is 59.7 Å². The lowest BCUT2D eigenvalue weighted by Crippen LogP contribution is -2.23. The second-order valence-electron chi connectivity index (χ2n) is 8.01. The van der Waals surface area contributed by atoms with Crippen molar-refractivity contribution in [3.8, 4) is 11.3 Å². The smallest absolute Gasteiger partial charge is 0.269 e. The maximum absolute atomic E-state index is 11.0. The molecular formula is C24H25N5O2S. The van der Waals surface area contributed by atoms with Gasteiger partial charge in [-0.3, -0.25) is 15.1 Å². The number of fused-ring (bicyclic) bond motifs is 1. The number of thiazole rings is 1. The number of allylic oxidation sites excluding steroid dienone is 2. The van der Waals surface area contributed by atoms with Crippen LogP contribution in [0.3, 0.4) is 0 Å². The van der Waals surface area contributed by atoms with Gasteiger partial charge in [0.05, 0.1) is 10.6 Å². The maximum Gasteiger partial charge on any atom is 0.269 e. The van der Waals surface area contributed by atoms with Crippen molar-refractivity contribution in [1.82, 2.24) is 4.68 Å². The zero-order valence-electron chi connectivity index (χ0n) is 18.5. The zero-order valence-corrected chi connectivity index (χ0v) is 19.3. The van der Waals surface area contributed by atoms with Gasteiger partial charge in [0.2, 0.25) is 4.80 Å². The van der Waals surface area contributed by atoms with E-state index in [1.165, 1.54) is 34.7 Å². The van der Waals surface area contributed by atoms with Gasteiger partial charge < -0.3 is 4.90 Å². The van der Waals surface area contributed by atoms with Gasteiger partial charge in [0.25, 0.3) is 5.69 Å². The Kier molecular flexibility index (Phi) is 5.80. The molecule has 1 aliphatic rings. The zero-order chi connectivity index (χ0) is 22.9. The largest absolute Gasteiger partial charge is 0.347 e. The van der Waals surface area contributed by atoms with Gasteiger partial charge >= 0.3 is 0 Å². The second kappa shape index (κ2) is 8.55. The van der Waals surface area contributed by atoms with E-state index in [1.54, 1.807) is 23.0 Å². The molecule has 164 valence electrons. The number of nitrogens with zero attached hydrogens (tertiary/aromatic N) is 5. The topological polar surface area (TPSA) is 76.0 Å². The van der Waals surface area contributed by atoms with Crippen molar-refractivity contribution in [3.63, 3.8) is 0 Å². The number of nitro groups is 1. The number of aromatic nitrogens is 1. The predicted molar refractivity (Wildman–Crippen MR) is 130 cm³/mol. The minimum absolute atomic E-state index is 0.0632. The average Bonchev–Trinajstić information content (AvgIpc) is 3.26. The van der Waals surface area contributed by atoms with E-state index >= 15 is 0 Å². The number of hydrogen-bond donors (Lipinski definition) is 0. The molecule has 1 aliphatic heterocycles. The third-order valence-corrected chi connectivity index (χ3v) is 6.56. The summed E-state index contributed by atoms with van der Waals surface area (Å²) in [5, 5.41) is 17.7. The fourth-order valence-corrected chi connectivity index (χ4v) is 4.98. The van der Waals surface area contributed by atoms with Crippen molar-refractivity contribution in [2.45, 2.75) is 26.2 Å². The van der Waals surface area contributed by atoms with Crippen LogP contribution < -0.4 is 9.70 Å². The molecule has 0 bridgehead atoms. The van der Waals surface area contributed by atoms with E-state index in [0.717, 1.165) is 21.8 Å². The van der Waals surface area contributed by atoms with E-state index in [9.17, 15) is 10.1 Å². The van der Waals surface area contributed by atoms with E-state index in [1.807, 2.05) is 18.4 Å². The summed E-state index contributed by atoms with van der Waals surface area (Å²) in [6.45, 7) is 7.05. The normalized spacial score (nSPS) is 16.8. The van der Waals surface area contributed by atoms with Crippen LogP contribution in [-0.2, 0) is 5.41 Å². The van der Waals surface area contributed by atoms with Crippen molar-refractivity contribution < 1.29 is 4.92 Å². The number of likely N-dealkylation sites (N-methyl/N-ethyl adjacent to an activating group) is 1. The Balaban J connectivity index is 1.72. The van der Waals surface area contributed by atoms with E-state index in [4.69, 9.17) is 5.10 Å². The summed E-state index contributed by atoms with van der Waals surface area (Å²) < 4.78 is 1.79. The minimum Gasteiger partial charge on any atom is -0.347 e. The summed E-state index contributed by atoms with van der Waals surface area (Å²) in [6.07, 6.45) is 3.84. The molecule has 0 amide bonds. The quantitative estimate of drug-likeness (QED) is 0.307. The molecule has 1 aromatic heterocycles.